The van der Waals surface area contributed by atoms with Crippen LogP contribution in [-0.2, 0) is 4.79 Å². The molecule has 14 heavy (non-hydrogen) atoms. The predicted octanol–water partition coefficient (Wildman–Crippen LogP) is 1.85. The minimum Gasteiger partial charge on any atom is -0.315 e. The maximum absolute atomic E-state index is 12.2. The third-order valence-electron chi connectivity index (χ3n) is 4.44. The Morgan fingerprint density at radius 1 is 1.29 bits per heavy atom. The first-order valence-electron chi connectivity index (χ1n) is 5.81. The van der Waals surface area contributed by atoms with E-state index in [2.05, 4.69) is 26.1 Å². The largest absolute Gasteiger partial charge is 0.315 e. The van der Waals surface area contributed by atoms with Gasteiger partial charge in [-0.05, 0) is 30.7 Å². The third-order valence-corrected chi connectivity index (χ3v) is 4.44. The van der Waals surface area contributed by atoms with Gasteiger partial charge >= 0.3 is 0 Å². The van der Waals surface area contributed by atoms with Gasteiger partial charge in [-0.1, -0.05) is 20.8 Å². The Morgan fingerprint density at radius 2 is 2.00 bits per heavy atom. The zero-order valence-electron chi connectivity index (χ0n) is 9.47. The smallest absolute Gasteiger partial charge is 0.141 e. The number of ketones is 1. The summed E-state index contributed by atoms with van der Waals surface area (Å²) in [5.41, 5.74) is -0.0213. The Balaban J connectivity index is 2.28. The highest BCUT2D eigenvalue weighted by atomic mass is 16.1. The summed E-state index contributed by atoms with van der Waals surface area (Å²) in [6, 6.07) is 0. The van der Waals surface area contributed by atoms with Gasteiger partial charge < -0.3 is 5.32 Å². The van der Waals surface area contributed by atoms with Gasteiger partial charge in [-0.2, -0.15) is 0 Å². The standard InChI is InChI=1S/C12H21NO/c1-8-4-9(2)12(11(14)5-8)7-13-6-10(12)3/h8-10,13H,4-7H2,1-3H3. The average Bonchev–Trinajstić information content (AvgIpc) is 2.45. The highest BCUT2D eigenvalue weighted by molar-refractivity contribution is 5.87. The van der Waals surface area contributed by atoms with E-state index in [0.717, 1.165) is 19.5 Å². The van der Waals surface area contributed by atoms with Crippen molar-refractivity contribution < 1.29 is 4.79 Å². The molecule has 1 spiro atoms. The molecular weight excluding hydrogens is 174 g/mol. The monoisotopic (exact) mass is 195 g/mol. The molecule has 1 aliphatic carbocycles. The molecule has 1 saturated heterocycles. The molecule has 2 rings (SSSR count). The molecule has 1 saturated carbocycles. The van der Waals surface area contributed by atoms with E-state index in [4.69, 9.17) is 0 Å². The van der Waals surface area contributed by atoms with Crippen LogP contribution in [0.2, 0.25) is 0 Å². The Hall–Kier alpha value is -0.370. The Labute approximate surface area is 86.5 Å². The second-order valence-electron chi connectivity index (χ2n) is 5.44. The molecule has 0 aromatic heterocycles. The summed E-state index contributed by atoms with van der Waals surface area (Å²) in [4.78, 5) is 12.2. The molecule has 0 aromatic carbocycles. The molecular formula is C12H21NO. The molecule has 80 valence electrons. The van der Waals surface area contributed by atoms with Gasteiger partial charge in [0.15, 0.2) is 0 Å². The van der Waals surface area contributed by atoms with Gasteiger partial charge in [0, 0.05) is 18.4 Å². The van der Waals surface area contributed by atoms with Crippen molar-refractivity contribution in [2.45, 2.75) is 33.6 Å². The highest BCUT2D eigenvalue weighted by Gasteiger charge is 2.52. The normalized spacial score (nSPS) is 48.8. The number of carbonyl (C=O) groups is 1. The number of carbonyl (C=O) groups excluding carboxylic acids is 1. The predicted molar refractivity (Wildman–Crippen MR) is 57.0 cm³/mol. The summed E-state index contributed by atoms with van der Waals surface area (Å²) in [6.07, 6.45) is 2.02. The first-order valence-corrected chi connectivity index (χ1v) is 5.81. The van der Waals surface area contributed by atoms with Crippen molar-refractivity contribution >= 4 is 5.78 Å². The SMILES string of the molecule is CC1CC(=O)C2(CNCC2C)C(C)C1. The second-order valence-corrected chi connectivity index (χ2v) is 5.44. The topological polar surface area (TPSA) is 29.1 Å². The molecule has 2 heteroatoms. The zero-order chi connectivity index (χ0) is 10.3. The Morgan fingerprint density at radius 3 is 2.50 bits per heavy atom. The van der Waals surface area contributed by atoms with Gasteiger partial charge in [0.2, 0.25) is 0 Å². The van der Waals surface area contributed by atoms with E-state index >= 15 is 0 Å². The molecule has 2 fully saturated rings. The lowest BCUT2D eigenvalue weighted by atomic mass is 9.59. The van der Waals surface area contributed by atoms with Gasteiger partial charge in [-0.3, -0.25) is 4.79 Å². The van der Waals surface area contributed by atoms with Gasteiger partial charge in [-0.25, -0.2) is 0 Å². The molecule has 2 aliphatic rings. The van der Waals surface area contributed by atoms with Gasteiger partial charge in [0.25, 0.3) is 0 Å². The second kappa shape index (κ2) is 3.34. The fourth-order valence-electron chi connectivity index (χ4n) is 3.56. The number of hydrogen-bond acceptors (Lipinski definition) is 2. The summed E-state index contributed by atoms with van der Waals surface area (Å²) >= 11 is 0. The van der Waals surface area contributed by atoms with Crippen molar-refractivity contribution in [1.82, 2.24) is 5.32 Å². The molecule has 2 nitrogen and oxygen atoms in total. The third kappa shape index (κ3) is 1.23. The summed E-state index contributed by atoms with van der Waals surface area (Å²) in [5.74, 6) is 2.19. The minimum atomic E-state index is -0.0213. The van der Waals surface area contributed by atoms with E-state index < -0.39 is 0 Å². The molecule has 4 unspecified atom stereocenters. The maximum atomic E-state index is 12.2. The minimum absolute atomic E-state index is 0.0213. The Kier molecular flexibility index (Phi) is 2.42. The number of nitrogens with one attached hydrogen (secondary N) is 1. The number of Topliss-reactive ketones (excluding diaryl/α,β-unsaturated/α-hetero) is 1. The van der Waals surface area contributed by atoms with E-state index in [1.165, 1.54) is 6.42 Å². The maximum Gasteiger partial charge on any atom is 0.141 e. The molecule has 1 heterocycles. The van der Waals surface area contributed by atoms with E-state index in [-0.39, 0.29) is 5.41 Å². The van der Waals surface area contributed by atoms with Gasteiger partial charge in [0.05, 0.1) is 0 Å². The number of hydrogen-bond donors (Lipinski definition) is 1. The summed E-state index contributed by atoms with van der Waals surface area (Å²) in [5, 5.41) is 3.39. The molecule has 0 bridgehead atoms. The molecule has 1 N–H and O–H groups in total. The summed E-state index contributed by atoms with van der Waals surface area (Å²) in [6.45, 7) is 8.63. The lowest BCUT2D eigenvalue weighted by Gasteiger charge is -2.43. The molecule has 4 atom stereocenters. The van der Waals surface area contributed by atoms with Crippen LogP contribution in [0.5, 0.6) is 0 Å². The van der Waals surface area contributed by atoms with E-state index in [1.807, 2.05) is 0 Å². The zero-order valence-corrected chi connectivity index (χ0v) is 9.47. The van der Waals surface area contributed by atoms with Crippen molar-refractivity contribution in [3.05, 3.63) is 0 Å². The quantitative estimate of drug-likeness (QED) is 0.639. The lowest BCUT2D eigenvalue weighted by Crippen LogP contribution is -2.47. The van der Waals surface area contributed by atoms with E-state index in [1.54, 1.807) is 0 Å². The van der Waals surface area contributed by atoms with Crippen molar-refractivity contribution in [2.75, 3.05) is 13.1 Å². The van der Waals surface area contributed by atoms with Crippen molar-refractivity contribution in [2.24, 2.45) is 23.2 Å². The van der Waals surface area contributed by atoms with Crippen molar-refractivity contribution in [3.63, 3.8) is 0 Å². The van der Waals surface area contributed by atoms with Crippen molar-refractivity contribution in [3.8, 4) is 0 Å². The molecule has 0 radical (unpaired) electrons. The van der Waals surface area contributed by atoms with Gasteiger partial charge in [0.1, 0.15) is 5.78 Å². The fourth-order valence-corrected chi connectivity index (χ4v) is 3.56. The Bertz CT molecular complexity index is 251. The van der Waals surface area contributed by atoms with Crippen LogP contribution < -0.4 is 5.32 Å². The average molecular weight is 195 g/mol. The van der Waals surface area contributed by atoms with Crippen LogP contribution in [0.15, 0.2) is 0 Å². The molecule has 1 aliphatic heterocycles. The van der Waals surface area contributed by atoms with Crippen LogP contribution in [0, 0.1) is 23.2 Å². The van der Waals surface area contributed by atoms with Crippen LogP contribution in [0.1, 0.15) is 33.6 Å². The van der Waals surface area contributed by atoms with Gasteiger partial charge in [-0.15, -0.1) is 0 Å². The molecule has 0 aromatic rings. The van der Waals surface area contributed by atoms with E-state index in [0.29, 0.717) is 23.5 Å². The van der Waals surface area contributed by atoms with Crippen LogP contribution in [0.25, 0.3) is 0 Å². The van der Waals surface area contributed by atoms with Crippen LogP contribution >= 0.6 is 0 Å². The summed E-state index contributed by atoms with van der Waals surface area (Å²) < 4.78 is 0. The van der Waals surface area contributed by atoms with E-state index in [9.17, 15) is 4.79 Å². The van der Waals surface area contributed by atoms with Crippen LogP contribution in [0.4, 0.5) is 0 Å². The van der Waals surface area contributed by atoms with Crippen LogP contribution in [-0.4, -0.2) is 18.9 Å². The summed E-state index contributed by atoms with van der Waals surface area (Å²) in [7, 11) is 0. The lowest BCUT2D eigenvalue weighted by molar-refractivity contribution is -0.137. The first-order chi connectivity index (χ1) is 6.57. The highest BCUT2D eigenvalue weighted by Crippen LogP contribution is 2.47. The molecule has 0 amide bonds. The fraction of sp³-hybridized carbons (Fsp3) is 0.917. The first kappa shape index (κ1) is 10.2. The number of rotatable bonds is 0. The van der Waals surface area contributed by atoms with Crippen molar-refractivity contribution in [1.29, 1.82) is 0 Å². The van der Waals surface area contributed by atoms with Crippen LogP contribution in [0.3, 0.4) is 0 Å².